The molecule has 2 N–H and O–H groups in total. The smallest absolute Gasteiger partial charge is 0.256 e. The van der Waals surface area contributed by atoms with Crippen molar-refractivity contribution in [2.45, 2.75) is 23.4 Å². The zero-order valence-corrected chi connectivity index (χ0v) is 16.3. The highest BCUT2D eigenvalue weighted by Gasteiger charge is 2.43. The fourth-order valence-electron chi connectivity index (χ4n) is 4.05. The minimum atomic E-state index is -3.60. The molecule has 0 bridgehead atoms. The van der Waals surface area contributed by atoms with Crippen LogP contribution in [0.5, 0.6) is 0 Å². The first-order chi connectivity index (χ1) is 14.0. The van der Waals surface area contributed by atoms with E-state index in [2.05, 4.69) is 20.0 Å². The average Bonchev–Trinajstić information content (AvgIpc) is 2.73. The van der Waals surface area contributed by atoms with E-state index in [1.54, 1.807) is 53.7 Å². The highest BCUT2D eigenvalue weighted by Crippen LogP contribution is 2.35. The molecule has 0 saturated carbocycles. The van der Waals surface area contributed by atoms with E-state index < -0.39 is 15.7 Å². The molecular weight excluding hydrogens is 390 g/mol. The molecule has 29 heavy (non-hydrogen) atoms. The van der Waals surface area contributed by atoms with Crippen molar-refractivity contribution >= 4 is 32.7 Å². The summed E-state index contributed by atoms with van der Waals surface area (Å²) in [5, 5.41) is 3.35. The first-order valence-corrected chi connectivity index (χ1v) is 10.9. The summed E-state index contributed by atoms with van der Waals surface area (Å²) in [6.07, 6.45) is 4.09. The minimum absolute atomic E-state index is 0.120. The maximum absolute atomic E-state index is 13.1. The molecule has 3 aromatic rings. The van der Waals surface area contributed by atoms with Crippen LogP contribution < -0.4 is 10.0 Å². The van der Waals surface area contributed by atoms with Gasteiger partial charge >= 0.3 is 0 Å². The quantitative estimate of drug-likeness (QED) is 0.637. The third-order valence-corrected chi connectivity index (χ3v) is 7.11. The lowest BCUT2D eigenvalue weighted by Gasteiger charge is -2.45. The number of likely N-dealkylation sites (tertiary alicyclic amines) is 1. The van der Waals surface area contributed by atoms with Crippen LogP contribution in [0, 0.1) is 0 Å². The van der Waals surface area contributed by atoms with Crippen LogP contribution in [0.15, 0.2) is 59.8 Å². The average molecular weight is 409 g/mol. The van der Waals surface area contributed by atoms with Crippen LogP contribution >= 0.6 is 0 Å². The second-order valence-corrected chi connectivity index (χ2v) is 8.98. The lowest BCUT2D eigenvalue weighted by atomic mass is 9.96. The summed E-state index contributed by atoms with van der Waals surface area (Å²) in [5.74, 6) is -0.120. The van der Waals surface area contributed by atoms with E-state index in [4.69, 9.17) is 0 Å². The molecule has 8 nitrogen and oxygen atoms in total. The van der Waals surface area contributed by atoms with E-state index in [0.717, 1.165) is 0 Å². The number of sulfonamides is 1. The Morgan fingerprint density at radius 3 is 2.59 bits per heavy atom. The summed E-state index contributed by atoms with van der Waals surface area (Å²) in [7, 11) is -3.60. The van der Waals surface area contributed by atoms with Crippen molar-refractivity contribution in [3.63, 3.8) is 0 Å². The summed E-state index contributed by atoms with van der Waals surface area (Å²) >= 11 is 0. The summed E-state index contributed by atoms with van der Waals surface area (Å²) in [5.41, 5.74) is 1.56. The van der Waals surface area contributed by atoms with Gasteiger partial charge in [0.25, 0.3) is 5.91 Å². The van der Waals surface area contributed by atoms with Gasteiger partial charge in [0.1, 0.15) is 16.1 Å². The lowest BCUT2D eigenvalue weighted by Crippen LogP contribution is -2.62. The largest absolute Gasteiger partial charge is 0.365 e. The number of anilines is 1. The number of carbonyl (C=O) groups is 1. The Kier molecular flexibility index (Phi) is 4.04. The van der Waals surface area contributed by atoms with E-state index >= 15 is 0 Å². The normalized spacial score (nSPS) is 19.5. The molecular formula is C20H19N5O3S. The van der Waals surface area contributed by atoms with Crippen molar-refractivity contribution in [2.24, 2.45) is 0 Å². The van der Waals surface area contributed by atoms with Crippen LogP contribution in [0.3, 0.4) is 0 Å². The Bertz CT molecular complexity index is 1210. The standard InChI is InChI=1S/C20H19N5O3S/c26-19(14-4-3-6-16-18(14)22-11-10-21-16)25-12-8-20(9-13-25)23-15-5-1-2-7-17(15)29(27,28)24-20/h1-7,10-11,23-24H,8-9,12-13H2. The number of aromatic nitrogens is 2. The van der Waals surface area contributed by atoms with Crippen LogP contribution in [0.4, 0.5) is 5.69 Å². The van der Waals surface area contributed by atoms with Gasteiger partial charge in [-0.25, -0.2) is 8.42 Å². The molecule has 1 saturated heterocycles. The van der Waals surface area contributed by atoms with Gasteiger partial charge in [-0.2, -0.15) is 4.72 Å². The number of benzene rings is 2. The Hall–Kier alpha value is -3.04. The van der Waals surface area contributed by atoms with Crippen molar-refractivity contribution in [1.29, 1.82) is 0 Å². The molecule has 148 valence electrons. The maximum Gasteiger partial charge on any atom is 0.256 e. The Balaban J connectivity index is 1.39. The van der Waals surface area contributed by atoms with Gasteiger partial charge in [0.2, 0.25) is 10.0 Å². The molecule has 1 aromatic heterocycles. The molecule has 2 aliphatic rings. The van der Waals surface area contributed by atoms with Crippen LogP contribution in [-0.2, 0) is 10.0 Å². The molecule has 3 heterocycles. The third kappa shape index (κ3) is 3.02. The third-order valence-electron chi connectivity index (χ3n) is 5.51. The summed E-state index contributed by atoms with van der Waals surface area (Å²) in [6.45, 7) is 0.848. The number of amides is 1. The zero-order valence-electron chi connectivity index (χ0n) is 15.5. The number of piperidine rings is 1. The highest BCUT2D eigenvalue weighted by molar-refractivity contribution is 7.89. The van der Waals surface area contributed by atoms with E-state index in [-0.39, 0.29) is 10.8 Å². The minimum Gasteiger partial charge on any atom is -0.365 e. The maximum atomic E-state index is 13.1. The monoisotopic (exact) mass is 409 g/mol. The van der Waals surface area contributed by atoms with Gasteiger partial charge in [0, 0.05) is 38.3 Å². The van der Waals surface area contributed by atoms with Crippen molar-refractivity contribution in [3.8, 4) is 0 Å². The number of hydrogen-bond acceptors (Lipinski definition) is 6. The number of para-hydroxylation sites is 2. The summed E-state index contributed by atoms with van der Waals surface area (Å²) < 4.78 is 28.2. The first-order valence-electron chi connectivity index (χ1n) is 9.38. The van der Waals surface area contributed by atoms with Crippen molar-refractivity contribution in [1.82, 2.24) is 19.6 Å². The first kappa shape index (κ1) is 18.0. The molecule has 2 aromatic carbocycles. The summed E-state index contributed by atoms with van der Waals surface area (Å²) in [4.78, 5) is 23.7. The predicted molar refractivity (Wildman–Crippen MR) is 108 cm³/mol. The highest BCUT2D eigenvalue weighted by atomic mass is 32.2. The lowest BCUT2D eigenvalue weighted by molar-refractivity contribution is 0.0677. The number of rotatable bonds is 1. The van der Waals surface area contributed by atoms with Crippen molar-refractivity contribution in [2.75, 3.05) is 18.4 Å². The molecule has 0 radical (unpaired) electrons. The van der Waals surface area contributed by atoms with E-state index in [1.165, 1.54) is 0 Å². The molecule has 9 heteroatoms. The van der Waals surface area contributed by atoms with E-state index in [9.17, 15) is 13.2 Å². The molecule has 2 aliphatic heterocycles. The van der Waals surface area contributed by atoms with E-state index in [0.29, 0.717) is 48.2 Å². The van der Waals surface area contributed by atoms with Crippen LogP contribution in [0.2, 0.25) is 0 Å². The Morgan fingerprint density at radius 1 is 1.00 bits per heavy atom. The second kappa shape index (κ2) is 6.50. The number of nitrogens with zero attached hydrogens (tertiary/aromatic N) is 3. The number of hydrogen-bond donors (Lipinski definition) is 2. The van der Waals surface area contributed by atoms with Crippen molar-refractivity contribution in [3.05, 3.63) is 60.4 Å². The van der Waals surface area contributed by atoms with Gasteiger partial charge < -0.3 is 10.2 Å². The molecule has 1 spiro atoms. The predicted octanol–water partition coefficient (Wildman–Crippen LogP) is 1.97. The number of carbonyl (C=O) groups excluding carboxylic acids is 1. The number of fused-ring (bicyclic) bond motifs is 2. The SMILES string of the molecule is O=C(c1cccc2nccnc12)N1CCC2(CC1)Nc1ccccc1S(=O)(=O)N2. The fraction of sp³-hybridized carbons (Fsp3) is 0.250. The Morgan fingerprint density at radius 2 is 1.76 bits per heavy atom. The van der Waals surface area contributed by atoms with Crippen LogP contribution in [-0.4, -0.2) is 47.9 Å². The van der Waals surface area contributed by atoms with Gasteiger partial charge in [-0.15, -0.1) is 0 Å². The fourth-order valence-corrected chi connectivity index (χ4v) is 5.60. The Labute approximate surface area is 168 Å². The van der Waals surface area contributed by atoms with Gasteiger partial charge in [-0.05, 0) is 24.3 Å². The molecule has 1 fully saturated rings. The summed E-state index contributed by atoms with van der Waals surface area (Å²) in [6, 6.07) is 12.2. The van der Waals surface area contributed by atoms with Gasteiger partial charge in [-0.1, -0.05) is 18.2 Å². The van der Waals surface area contributed by atoms with Gasteiger partial charge in [0.05, 0.1) is 16.8 Å². The molecule has 1 amide bonds. The van der Waals surface area contributed by atoms with Crippen LogP contribution in [0.1, 0.15) is 23.2 Å². The molecule has 0 unspecified atom stereocenters. The number of nitrogens with one attached hydrogen (secondary N) is 2. The molecule has 0 atom stereocenters. The zero-order chi connectivity index (χ0) is 20.1. The van der Waals surface area contributed by atoms with E-state index in [1.807, 2.05) is 6.07 Å². The van der Waals surface area contributed by atoms with Gasteiger partial charge in [0.15, 0.2) is 0 Å². The second-order valence-electron chi connectivity index (χ2n) is 7.33. The molecule has 5 rings (SSSR count). The topological polar surface area (TPSA) is 104 Å². The van der Waals surface area contributed by atoms with Gasteiger partial charge in [-0.3, -0.25) is 14.8 Å². The van der Waals surface area contributed by atoms with Crippen molar-refractivity contribution < 1.29 is 13.2 Å². The molecule has 0 aliphatic carbocycles. The van der Waals surface area contributed by atoms with Crippen LogP contribution in [0.25, 0.3) is 11.0 Å².